The minimum absolute atomic E-state index is 0.237. The number of rotatable bonds is 5. The molecule has 0 saturated heterocycles. The summed E-state index contributed by atoms with van der Waals surface area (Å²) in [6, 6.07) is 5.76. The van der Waals surface area contributed by atoms with E-state index in [-0.39, 0.29) is 10.6 Å². The van der Waals surface area contributed by atoms with Crippen LogP contribution >= 0.6 is 11.8 Å². The van der Waals surface area contributed by atoms with Gasteiger partial charge in [0.05, 0.1) is 5.75 Å². The third kappa shape index (κ3) is 5.87. The molecular formula is C10H9F4NO2S. The first-order chi connectivity index (χ1) is 8.38. The van der Waals surface area contributed by atoms with E-state index in [0.717, 1.165) is 11.8 Å². The number of alkyl halides is 3. The second-order valence-electron chi connectivity index (χ2n) is 3.15. The van der Waals surface area contributed by atoms with Crippen LogP contribution in [-0.4, -0.2) is 24.4 Å². The summed E-state index contributed by atoms with van der Waals surface area (Å²) in [5.74, 6) is -1.50. The van der Waals surface area contributed by atoms with Gasteiger partial charge >= 0.3 is 6.18 Å². The monoisotopic (exact) mass is 283 g/mol. The van der Waals surface area contributed by atoms with Gasteiger partial charge in [-0.05, 0) is 12.1 Å². The lowest BCUT2D eigenvalue weighted by molar-refractivity contribution is -0.191. The van der Waals surface area contributed by atoms with Crippen molar-refractivity contribution >= 4 is 17.7 Å². The molecule has 1 aromatic rings. The van der Waals surface area contributed by atoms with Gasteiger partial charge < -0.3 is 0 Å². The molecule has 0 radical (unpaired) electrons. The molecule has 0 aliphatic heterocycles. The van der Waals surface area contributed by atoms with Gasteiger partial charge in [-0.3, -0.25) is 9.63 Å². The second kappa shape index (κ2) is 6.60. The molecule has 0 aromatic heterocycles. The fourth-order valence-electron chi connectivity index (χ4n) is 0.933. The van der Waals surface area contributed by atoms with Gasteiger partial charge in [0.1, 0.15) is 5.82 Å². The number of nitrogens with one attached hydrogen (secondary N) is 1. The molecule has 1 rings (SSSR count). The van der Waals surface area contributed by atoms with Gasteiger partial charge in [0.15, 0.2) is 6.61 Å². The first-order valence-electron chi connectivity index (χ1n) is 4.73. The largest absolute Gasteiger partial charge is 0.414 e. The summed E-state index contributed by atoms with van der Waals surface area (Å²) >= 11 is 0.865. The highest BCUT2D eigenvalue weighted by Gasteiger charge is 2.28. The molecule has 0 heterocycles. The van der Waals surface area contributed by atoms with Gasteiger partial charge in [-0.15, -0.1) is 11.8 Å². The Morgan fingerprint density at radius 3 is 2.61 bits per heavy atom. The maximum atomic E-state index is 13.1. The molecule has 1 N–H and O–H groups in total. The van der Waals surface area contributed by atoms with Crippen molar-refractivity contribution in [3.8, 4) is 0 Å². The highest BCUT2D eigenvalue weighted by atomic mass is 32.2. The predicted octanol–water partition coefficient (Wildman–Crippen LogP) is 2.53. The van der Waals surface area contributed by atoms with Gasteiger partial charge in [0.25, 0.3) is 5.91 Å². The van der Waals surface area contributed by atoms with Crippen LogP contribution in [0.4, 0.5) is 17.6 Å². The average Bonchev–Trinajstić information content (AvgIpc) is 2.26. The van der Waals surface area contributed by atoms with Crippen LogP contribution in [0, 0.1) is 5.82 Å². The summed E-state index contributed by atoms with van der Waals surface area (Å²) in [6.07, 6.45) is -4.51. The summed E-state index contributed by atoms with van der Waals surface area (Å²) < 4.78 is 48.2. The lowest BCUT2D eigenvalue weighted by Crippen LogP contribution is -2.30. The normalized spacial score (nSPS) is 11.3. The van der Waals surface area contributed by atoms with E-state index in [9.17, 15) is 22.4 Å². The number of thioether (sulfide) groups is 1. The van der Waals surface area contributed by atoms with Crippen LogP contribution in [0.3, 0.4) is 0 Å². The maximum absolute atomic E-state index is 13.1. The Hall–Kier alpha value is -1.28. The highest BCUT2D eigenvalue weighted by Crippen LogP contribution is 2.20. The van der Waals surface area contributed by atoms with Crippen molar-refractivity contribution in [3.05, 3.63) is 30.1 Å². The van der Waals surface area contributed by atoms with Crippen molar-refractivity contribution in [1.29, 1.82) is 0 Å². The highest BCUT2D eigenvalue weighted by molar-refractivity contribution is 8.00. The minimum Gasteiger partial charge on any atom is -0.272 e. The van der Waals surface area contributed by atoms with E-state index < -0.39 is 24.5 Å². The molecule has 100 valence electrons. The SMILES string of the molecule is O=C(CSc1ccccc1F)NOCC(F)(F)F. The topological polar surface area (TPSA) is 38.3 Å². The van der Waals surface area contributed by atoms with Crippen LogP contribution < -0.4 is 5.48 Å². The standard InChI is InChI=1S/C10H9F4NO2S/c11-7-3-1-2-4-8(7)18-5-9(16)15-17-6-10(12,13)14/h1-4H,5-6H2,(H,15,16). The number of halogens is 4. The molecule has 1 aromatic carbocycles. The summed E-state index contributed by atoms with van der Waals surface area (Å²) in [5, 5.41) is 0. The van der Waals surface area contributed by atoms with Crippen LogP contribution in [0.5, 0.6) is 0 Å². The first kappa shape index (κ1) is 14.8. The van der Waals surface area contributed by atoms with E-state index in [0.29, 0.717) is 0 Å². The number of carbonyl (C=O) groups is 1. The fourth-order valence-corrected chi connectivity index (χ4v) is 1.66. The lowest BCUT2D eigenvalue weighted by atomic mass is 10.3. The van der Waals surface area contributed by atoms with Crippen molar-refractivity contribution in [2.24, 2.45) is 0 Å². The second-order valence-corrected chi connectivity index (χ2v) is 4.17. The van der Waals surface area contributed by atoms with E-state index in [4.69, 9.17) is 0 Å². The summed E-state index contributed by atoms with van der Waals surface area (Å²) in [7, 11) is 0. The van der Waals surface area contributed by atoms with E-state index in [2.05, 4.69) is 4.84 Å². The molecule has 0 bridgehead atoms. The third-order valence-corrected chi connectivity index (χ3v) is 2.67. The predicted molar refractivity (Wildman–Crippen MR) is 57.3 cm³/mol. The fraction of sp³-hybridized carbons (Fsp3) is 0.300. The lowest BCUT2D eigenvalue weighted by Gasteiger charge is -2.08. The number of carbonyl (C=O) groups excluding carboxylic acids is 1. The van der Waals surface area contributed by atoms with E-state index >= 15 is 0 Å². The van der Waals surface area contributed by atoms with Gasteiger partial charge in [-0.2, -0.15) is 13.2 Å². The number of hydroxylamine groups is 1. The molecule has 0 fully saturated rings. The number of benzene rings is 1. The molecule has 3 nitrogen and oxygen atoms in total. The number of hydrogen-bond donors (Lipinski definition) is 1. The zero-order chi connectivity index (χ0) is 13.6. The number of hydrogen-bond acceptors (Lipinski definition) is 3. The molecule has 18 heavy (non-hydrogen) atoms. The molecule has 8 heteroatoms. The molecule has 0 aliphatic rings. The summed E-state index contributed by atoms with van der Waals surface area (Å²) in [4.78, 5) is 15.3. The molecular weight excluding hydrogens is 274 g/mol. The van der Waals surface area contributed by atoms with E-state index in [1.165, 1.54) is 18.2 Å². The maximum Gasteiger partial charge on any atom is 0.414 e. The molecule has 0 spiro atoms. The molecule has 0 unspecified atom stereocenters. The Balaban J connectivity index is 2.28. The van der Waals surface area contributed by atoms with Crippen LogP contribution in [0.2, 0.25) is 0 Å². The van der Waals surface area contributed by atoms with Crippen molar-refractivity contribution in [2.75, 3.05) is 12.4 Å². The van der Waals surface area contributed by atoms with Crippen LogP contribution in [0.25, 0.3) is 0 Å². The zero-order valence-corrected chi connectivity index (χ0v) is 9.78. The smallest absolute Gasteiger partial charge is 0.272 e. The minimum atomic E-state index is -4.51. The van der Waals surface area contributed by atoms with Crippen LogP contribution in [0.1, 0.15) is 0 Å². The van der Waals surface area contributed by atoms with Gasteiger partial charge in [-0.25, -0.2) is 9.87 Å². The summed E-state index contributed by atoms with van der Waals surface area (Å²) in [6.45, 7) is -1.57. The van der Waals surface area contributed by atoms with Gasteiger partial charge in [-0.1, -0.05) is 12.1 Å². The number of amides is 1. The third-order valence-electron chi connectivity index (χ3n) is 1.62. The van der Waals surface area contributed by atoms with Crippen molar-refractivity contribution < 1.29 is 27.2 Å². The molecule has 1 amide bonds. The van der Waals surface area contributed by atoms with E-state index in [1.807, 2.05) is 0 Å². The van der Waals surface area contributed by atoms with Crippen molar-refractivity contribution in [1.82, 2.24) is 5.48 Å². The molecule has 0 saturated carbocycles. The Kier molecular flexibility index (Phi) is 5.42. The Bertz CT molecular complexity index is 411. The Morgan fingerprint density at radius 1 is 1.33 bits per heavy atom. The Morgan fingerprint density at radius 2 is 2.00 bits per heavy atom. The Labute approximate surface area is 104 Å². The summed E-state index contributed by atoms with van der Waals surface area (Å²) in [5.41, 5.74) is 1.63. The average molecular weight is 283 g/mol. The first-order valence-corrected chi connectivity index (χ1v) is 5.72. The van der Waals surface area contributed by atoms with Gasteiger partial charge in [0, 0.05) is 4.90 Å². The quantitative estimate of drug-likeness (QED) is 0.512. The molecule has 0 atom stereocenters. The van der Waals surface area contributed by atoms with Gasteiger partial charge in [0.2, 0.25) is 0 Å². The van der Waals surface area contributed by atoms with E-state index in [1.54, 1.807) is 11.5 Å². The van der Waals surface area contributed by atoms with Crippen LogP contribution in [-0.2, 0) is 9.63 Å². The molecule has 0 aliphatic carbocycles. The van der Waals surface area contributed by atoms with Crippen LogP contribution in [0.15, 0.2) is 29.2 Å². The van der Waals surface area contributed by atoms with Crippen molar-refractivity contribution in [3.63, 3.8) is 0 Å². The zero-order valence-electron chi connectivity index (χ0n) is 8.96. The van der Waals surface area contributed by atoms with Crippen molar-refractivity contribution in [2.45, 2.75) is 11.1 Å².